The van der Waals surface area contributed by atoms with Crippen LogP contribution in [0.3, 0.4) is 0 Å². The monoisotopic (exact) mass is 289 g/mol. The molecule has 0 saturated heterocycles. The molecule has 0 fully saturated rings. The van der Waals surface area contributed by atoms with E-state index in [0.717, 1.165) is 0 Å². The molecular formula is C15H20Y-2. The molecule has 1 heteroatoms. The maximum Gasteiger partial charge on any atom is 0 e. The van der Waals surface area contributed by atoms with E-state index < -0.39 is 0 Å². The summed E-state index contributed by atoms with van der Waals surface area (Å²) in [4.78, 5) is 0. The van der Waals surface area contributed by atoms with Crippen LogP contribution in [0.4, 0.5) is 0 Å². The summed E-state index contributed by atoms with van der Waals surface area (Å²) in [5.74, 6) is 0. The first-order valence-electron chi connectivity index (χ1n) is 5.14. The molecule has 0 bridgehead atoms. The van der Waals surface area contributed by atoms with Gasteiger partial charge in [-0.2, -0.15) is 23.8 Å². The van der Waals surface area contributed by atoms with Gasteiger partial charge in [0.2, 0.25) is 0 Å². The average molecular weight is 289 g/mol. The zero-order valence-electron chi connectivity index (χ0n) is 11.0. The fourth-order valence-corrected chi connectivity index (χ4v) is 1.42. The third-order valence-corrected chi connectivity index (χ3v) is 2.07. The van der Waals surface area contributed by atoms with Crippen LogP contribution in [-0.4, -0.2) is 0 Å². The zero-order chi connectivity index (χ0) is 10.6. The second kappa shape index (κ2) is 8.90. The molecular weight excluding hydrogens is 269 g/mol. The molecule has 0 spiro atoms. The molecule has 2 aromatic rings. The topological polar surface area (TPSA) is 0 Å². The molecule has 85 valence electrons. The third-order valence-electron chi connectivity index (χ3n) is 2.07. The summed E-state index contributed by atoms with van der Waals surface area (Å²) < 4.78 is 0. The predicted octanol–water partition coefficient (Wildman–Crippen LogP) is 4.73. The molecule has 2 aromatic carbocycles. The Kier molecular flexibility index (Phi) is 10.1. The van der Waals surface area contributed by atoms with Crippen molar-refractivity contribution in [3.63, 3.8) is 0 Å². The maximum atomic E-state index is 3.19. The van der Waals surface area contributed by atoms with E-state index in [2.05, 4.69) is 44.2 Å². The molecule has 0 aliphatic carbocycles. The van der Waals surface area contributed by atoms with E-state index in [-0.39, 0.29) is 40.1 Å². The van der Waals surface area contributed by atoms with Gasteiger partial charge in [-0.25, -0.2) is 0 Å². The molecule has 0 nitrogen and oxygen atoms in total. The molecule has 0 atom stereocenters. The maximum absolute atomic E-state index is 3.19. The van der Waals surface area contributed by atoms with Gasteiger partial charge in [0, 0.05) is 32.7 Å². The minimum Gasteiger partial charge on any atom is -0.358 e. The van der Waals surface area contributed by atoms with Crippen LogP contribution in [-0.2, 0) is 32.7 Å². The molecule has 0 aromatic heterocycles. The van der Waals surface area contributed by atoms with Crippen molar-refractivity contribution in [1.29, 1.82) is 0 Å². The molecule has 16 heavy (non-hydrogen) atoms. The Morgan fingerprint density at radius 2 is 1.56 bits per heavy atom. The molecule has 0 amide bonds. The van der Waals surface area contributed by atoms with Crippen LogP contribution < -0.4 is 0 Å². The van der Waals surface area contributed by atoms with Crippen molar-refractivity contribution < 1.29 is 32.7 Å². The number of fused-ring (bicyclic) bond motifs is 1. The minimum atomic E-state index is 0. The Morgan fingerprint density at radius 1 is 0.938 bits per heavy atom. The third kappa shape index (κ3) is 4.76. The second-order valence-electron chi connectivity index (χ2n) is 3.25. The van der Waals surface area contributed by atoms with E-state index in [0.29, 0.717) is 0 Å². The first kappa shape index (κ1) is 18.2. The Balaban J connectivity index is 0. The number of benzene rings is 2. The second-order valence-corrected chi connectivity index (χ2v) is 3.25. The van der Waals surface area contributed by atoms with Gasteiger partial charge in [0.05, 0.1) is 0 Å². The summed E-state index contributed by atoms with van der Waals surface area (Å²) in [6.07, 6.45) is 0. The largest absolute Gasteiger partial charge is 0.358 e. The van der Waals surface area contributed by atoms with Crippen LogP contribution in [0, 0.1) is 27.3 Å². The standard InChI is InChI=1S/C12H11.C2H6.CH3.Y/c1-9-3-5-11-6-4-10(2)8-12(11)7-9;1-2;;/h3,5-8H,1-2H3;1-2H3;1H3;/q-1;;-1;. The first-order valence-corrected chi connectivity index (χ1v) is 5.14. The van der Waals surface area contributed by atoms with Crippen molar-refractivity contribution >= 4 is 10.8 Å². The van der Waals surface area contributed by atoms with Crippen LogP contribution in [0.25, 0.3) is 10.8 Å². The fraction of sp³-hybridized carbons (Fsp3) is 0.267. The van der Waals surface area contributed by atoms with E-state index in [1.807, 2.05) is 19.9 Å². The SMILES string of the molecule is CC.Cc1[c-]cc2ccc(C)cc2c1.[CH3-].[Y]. The van der Waals surface area contributed by atoms with Crippen LogP contribution in [0.2, 0.25) is 0 Å². The van der Waals surface area contributed by atoms with Crippen LogP contribution in [0.5, 0.6) is 0 Å². The number of hydrogen-bond donors (Lipinski definition) is 0. The molecule has 1 radical (unpaired) electrons. The van der Waals surface area contributed by atoms with Crippen molar-refractivity contribution in [2.75, 3.05) is 0 Å². The Labute approximate surface area is 125 Å². The summed E-state index contributed by atoms with van der Waals surface area (Å²) >= 11 is 0. The smallest absolute Gasteiger partial charge is 0 e. The first-order chi connectivity index (χ1) is 6.75. The van der Waals surface area contributed by atoms with Crippen molar-refractivity contribution in [2.24, 2.45) is 0 Å². The van der Waals surface area contributed by atoms with Gasteiger partial charge < -0.3 is 7.43 Å². The van der Waals surface area contributed by atoms with Gasteiger partial charge in [-0.3, -0.25) is 0 Å². The summed E-state index contributed by atoms with van der Waals surface area (Å²) in [6, 6.07) is 13.9. The van der Waals surface area contributed by atoms with Crippen molar-refractivity contribution in [3.8, 4) is 0 Å². The molecule has 0 heterocycles. The summed E-state index contributed by atoms with van der Waals surface area (Å²) in [6.45, 7) is 8.19. The van der Waals surface area contributed by atoms with Gasteiger partial charge in [0.25, 0.3) is 0 Å². The quantitative estimate of drug-likeness (QED) is 0.615. The van der Waals surface area contributed by atoms with Crippen molar-refractivity contribution in [2.45, 2.75) is 27.7 Å². The van der Waals surface area contributed by atoms with E-state index >= 15 is 0 Å². The zero-order valence-corrected chi connectivity index (χ0v) is 13.8. The number of aryl methyl sites for hydroxylation is 2. The Morgan fingerprint density at radius 3 is 2.19 bits per heavy atom. The van der Waals surface area contributed by atoms with E-state index in [4.69, 9.17) is 0 Å². The van der Waals surface area contributed by atoms with Gasteiger partial charge in [-0.1, -0.05) is 38.5 Å². The van der Waals surface area contributed by atoms with Crippen LogP contribution >= 0.6 is 0 Å². The number of hydrogen-bond acceptors (Lipinski definition) is 0. The predicted molar refractivity (Wildman–Crippen MR) is 70.0 cm³/mol. The minimum absolute atomic E-state index is 0. The summed E-state index contributed by atoms with van der Waals surface area (Å²) in [5.41, 5.74) is 2.52. The van der Waals surface area contributed by atoms with E-state index in [1.54, 1.807) is 0 Å². The van der Waals surface area contributed by atoms with E-state index in [1.165, 1.54) is 21.9 Å². The van der Waals surface area contributed by atoms with Gasteiger partial charge in [-0.15, -0.1) is 16.8 Å². The van der Waals surface area contributed by atoms with Gasteiger partial charge in [0.15, 0.2) is 0 Å². The van der Waals surface area contributed by atoms with Gasteiger partial charge >= 0.3 is 0 Å². The molecule has 0 N–H and O–H groups in total. The molecule has 0 saturated carbocycles. The molecule has 0 aliphatic rings. The normalized spacial score (nSPS) is 8.25. The van der Waals surface area contributed by atoms with Crippen molar-refractivity contribution in [1.82, 2.24) is 0 Å². The Bertz CT molecular complexity index is 382. The van der Waals surface area contributed by atoms with E-state index in [9.17, 15) is 0 Å². The molecule has 2 rings (SSSR count). The Hall–Kier alpha value is -0.196. The van der Waals surface area contributed by atoms with Gasteiger partial charge in [0.1, 0.15) is 0 Å². The average Bonchev–Trinajstić information content (AvgIpc) is 2.20. The molecule has 0 aliphatic heterocycles. The summed E-state index contributed by atoms with van der Waals surface area (Å²) in [5, 5.41) is 2.58. The fourth-order valence-electron chi connectivity index (χ4n) is 1.42. The van der Waals surface area contributed by atoms with Gasteiger partial charge in [-0.05, 0) is 6.92 Å². The number of rotatable bonds is 0. The summed E-state index contributed by atoms with van der Waals surface area (Å²) in [7, 11) is 0. The van der Waals surface area contributed by atoms with Crippen LogP contribution in [0.1, 0.15) is 25.0 Å². The van der Waals surface area contributed by atoms with Crippen molar-refractivity contribution in [3.05, 3.63) is 55.0 Å². The molecule has 0 unspecified atom stereocenters. The van der Waals surface area contributed by atoms with Crippen LogP contribution in [0.15, 0.2) is 30.3 Å².